The molecular weight excluding hydrogens is 462 g/mol. The van der Waals surface area contributed by atoms with Crippen molar-refractivity contribution in [1.29, 1.82) is 0 Å². The Morgan fingerprint density at radius 3 is 2.03 bits per heavy atom. The van der Waals surface area contributed by atoms with Gasteiger partial charge in [0.1, 0.15) is 0 Å². The molecule has 3 N–H and O–H groups in total. The summed E-state index contributed by atoms with van der Waals surface area (Å²) in [6, 6.07) is 28.5. The second kappa shape index (κ2) is 12.0. The van der Waals surface area contributed by atoms with Crippen molar-refractivity contribution in [2.24, 2.45) is 0 Å². The maximum atomic E-state index is 11.5. The highest BCUT2D eigenvalue weighted by Crippen LogP contribution is 2.36. The number of carbonyl (C=O) groups is 1. The van der Waals surface area contributed by atoms with Crippen molar-refractivity contribution < 1.29 is 20.1 Å². The van der Waals surface area contributed by atoms with Gasteiger partial charge < -0.3 is 15.3 Å². The Morgan fingerprint density at radius 1 is 0.919 bits per heavy atom. The third-order valence-corrected chi connectivity index (χ3v) is 7.91. The van der Waals surface area contributed by atoms with Crippen molar-refractivity contribution in [3.05, 3.63) is 107 Å². The van der Waals surface area contributed by atoms with E-state index in [1.165, 1.54) is 11.1 Å². The molecule has 0 bridgehead atoms. The molecule has 5 nitrogen and oxygen atoms in total. The number of carboxylic acids is 1. The van der Waals surface area contributed by atoms with Crippen LogP contribution in [0.4, 0.5) is 0 Å². The zero-order valence-corrected chi connectivity index (χ0v) is 21.8. The number of hydrogen-bond donors (Lipinski definition) is 3. The van der Waals surface area contributed by atoms with E-state index in [4.69, 9.17) is 0 Å². The van der Waals surface area contributed by atoms with Crippen molar-refractivity contribution in [2.45, 2.75) is 69.1 Å². The van der Waals surface area contributed by atoms with Crippen molar-refractivity contribution in [3.8, 4) is 0 Å². The van der Waals surface area contributed by atoms with Gasteiger partial charge in [-0.15, -0.1) is 0 Å². The fourth-order valence-electron chi connectivity index (χ4n) is 5.51. The summed E-state index contributed by atoms with van der Waals surface area (Å²) in [4.78, 5) is 14.0. The van der Waals surface area contributed by atoms with E-state index in [1.807, 2.05) is 24.3 Å². The normalized spacial score (nSPS) is 19.6. The van der Waals surface area contributed by atoms with Gasteiger partial charge in [-0.25, -0.2) is 0 Å². The zero-order chi connectivity index (χ0) is 26.4. The second-order valence-corrected chi connectivity index (χ2v) is 10.8. The first-order valence-corrected chi connectivity index (χ1v) is 13.3. The minimum absolute atomic E-state index is 0.160. The summed E-state index contributed by atoms with van der Waals surface area (Å²) in [5.41, 5.74) is 3.07. The number of likely N-dealkylation sites (tertiary alicyclic amines) is 1. The molecular formula is C32H39NO4. The molecule has 0 amide bonds. The highest BCUT2D eigenvalue weighted by Gasteiger charge is 2.35. The van der Waals surface area contributed by atoms with Crippen molar-refractivity contribution in [3.63, 3.8) is 0 Å². The zero-order valence-electron chi connectivity index (χ0n) is 21.8. The van der Waals surface area contributed by atoms with Gasteiger partial charge in [-0.1, -0.05) is 84.9 Å². The van der Waals surface area contributed by atoms with Crippen LogP contribution < -0.4 is 0 Å². The third kappa shape index (κ3) is 6.48. The van der Waals surface area contributed by atoms with Gasteiger partial charge in [-0.05, 0) is 68.3 Å². The molecule has 0 spiro atoms. The average Bonchev–Trinajstić information content (AvgIpc) is 2.91. The van der Waals surface area contributed by atoms with Crippen LogP contribution in [0, 0.1) is 0 Å². The van der Waals surface area contributed by atoms with Crippen LogP contribution in [-0.4, -0.2) is 51.4 Å². The lowest BCUT2D eigenvalue weighted by Crippen LogP contribution is -2.48. The summed E-state index contributed by atoms with van der Waals surface area (Å²) in [5, 5.41) is 30.9. The second-order valence-electron chi connectivity index (χ2n) is 10.8. The Bertz CT molecular complexity index is 1090. The van der Waals surface area contributed by atoms with E-state index in [0.29, 0.717) is 6.42 Å². The molecule has 3 aromatic rings. The number of hydrogen-bond acceptors (Lipinski definition) is 4. The van der Waals surface area contributed by atoms with Crippen LogP contribution in [0.2, 0.25) is 0 Å². The molecule has 0 saturated carbocycles. The molecule has 4 rings (SSSR count). The van der Waals surface area contributed by atoms with E-state index < -0.39 is 17.5 Å². The predicted octanol–water partition coefficient (Wildman–Crippen LogP) is 5.52. The fourth-order valence-corrected chi connectivity index (χ4v) is 5.51. The minimum Gasteiger partial charge on any atom is -0.481 e. The number of aliphatic hydroxyl groups is 2. The summed E-state index contributed by atoms with van der Waals surface area (Å²) in [6.07, 6.45) is 2.01. The van der Waals surface area contributed by atoms with Gasteiger partial charge in [0.15, 0.2) is 0 Å². The fraction of sp³-hybridized carbons (Fsp3) is 0.406. The van der Waals surface area contributed by atoms with Gasteiger partial charge >= 0.3 is 5.97 Å². The van der Waals surface area contributed by atoms with Gasteiger partial charge in [-0.3, -0.25) is 9.69 Å². The van der Waals surface area contributed by atoms with Crippen LogP contribution in [0.1, 0.15) is 73.8 Å². The molecule has 3 unspecified atom stereocenters. The molecule has 0 radical (unpaired) electrons. The highest BCUT2D eigenvalue weighted by atomic mass is 16.4. The molecule has 0 aliphatic carbocycles. The first kappa shape index (κ1) is 27.1. The van der Waals surface area contributed by atoms with Crippen molar-refractivity contribution in [1.82, 2.24) is 4.90 Å². The van der Waals surface area contributed by atoms with Gasteiger partial charge in [0, 0.05) is 18.5 Å². The number of carboxylic acid groups (broad SMARTS) is 1. The molecule has 1 fully saturated rings. The SMILES string of the molecule is CC(C)(C(=O)O)c1ccc(C(O)CCCN2CCC(O)CC2C(c2ccccc2)c2ccccc2)cc1. The van der Waals surface area contributed by atoms with E-state index in [1.54, 1.807) is 26.0 Å². The molecule has 1 saturated heterocycles. The number of aliphatic carboxylic acids is 1. The van der Waals surface area contributed by atoms with Crippen LogP contribution in [0.5, 0.6) is 0 Å². The predicted molar refractivity (Wildman–Crippen MR) is 147 cm³/mol. The van der Waals surface area contributed by atoms with E-state index in [-0.39, 0.29) is 18.1 Å². The van der Waals surface area contributed by atoms with E-state index in [9.17, 15) is 20.1 Å². The standard InChI is InChI=1S/C32H39NO4/c1-32(2,31(36)37)26-17-15-23(16-18-26)29(35)14-9-20-33-21-19-27(34)22-28(33)30(24-10-5-3-6-11-24)25-12-7-4-8-13-25/h3-8,10-13,15-18,27-30,34-35H,9,14,19-22H2,1-2H3,(H,36,37). The van der Waals surface area contributed by atoms with E-state index in [2.05, 4.69) is 53.4 Å². The number of piperidine rings is 1. The molecule has 0 aromatic heterocycles. The van der Waals surface area contributed by atoms with Crippen LogP contribution in [0.25, 0.3) is 0 Å². The molecule has 3 atom stereocenters. The highest BCUT2D eigenvalue weighted by molar-refractivity contribution is 5.80. The summed E-state index contributed by atoms with van der Waals surface area (Å²) in [6.45, 7) is 5.04. The third-order valence-electron chi connectivity index (χ3n) is 7.91. The maximum Gasteiger partial charge on any atom is 0.313 e. The van der Waals surface area contributed by atoms with Crippen molar-refractivity contribution >= 4 is 5.97 Å². The molecule has 37 heavy (non-hydrogen) atoms. The van der Waals surface area contributed by atoms with Gasteiger partial charge in [0.05, 0.1) is 17.6 Å². The largest absolute Gasteiger partial charge is 0.481 e. The molecule has 5 heteroatoms. The van der Waals surface area contributed by atoms with Crippen LogP contribution in [0.3, 0.4) is 0 Å². The maximum absolute atomic E-state index is 11.5. The summed E-state index contributed by atoms with van der Waals surface area (Å²) < 4.78 is 0. The van der Waals surface area contributed by atoms with Crippen LogP contribution >= 0.6 is 0 Å². The lowest BCUT2D eigenvalue weighted by atomic mass is 9.79. The quantitative estimate of drug-likeness (QED) is 0.341. The summed E-state index contributed by atoms with van der Waals surface area (Å²) >= 11 is 0. The monoisotopic (exact) mass is 501 g/mol. The van der Waals surface area contributed by atoms with Gasteiger partial charge in [0.25, 0.3) is 0 Å². The molecule has 3 aromatic carbocycles. The summed E-state index contributed by atoms with van der Waals surface area (Å²) in [7, 11) is 0. The Balaban J connectivity index is 1.45. The Morgan fingerprint density at radius 2 is 1.49 bits per heavy atom. The molecule has 1 aliphatic rings. The lowest BCUT2D eigenvalue weighted by molar-refractivity contribution is -0.142. The number of nitrogens with zero attached hydrogens (tertiary/aromatic N) is 1. The Hall–Kier alpha value is -2.99. The number of rotatable bonds is 10. The van der Waals surface area contributed by atoms with E-state index in [0.717, 1.165) is 43.5 Å². The van der Waals surface area contributed by atoms with Gasteiger partial charge in [-0.2, -0.15) is 0 Å². The minimum atomic E-state index is -0.967. The van der Waals surface area contributed by atoms with Crippen LogP contribution in [-0.2, 0) is 10.2 Å². The molecule has 1 aliphatic heterocycles. The average molecular weight is 502 g/mol. The first-order chi connectivity index (χ1) is 17.8. The Labute approximate surface area is 220 Å². The molecule has 196 valence electrons. The summed E-state index contributed by atoms with van der Waals surface area (Å²) in [5.74, 6) is -0.710. The number of aliphatic hydroxyl groups excluding tert-OH is 2. The first-order valence-electron chi connectivity index (χ1n) is 13.3. The van der Waals surface area contributed by atoms with Crippen LogP contribution in [0.15, 0.2) is 84.9 Å². The number of benzene rings is 3. The van der Waals surface area contributed by atoms with Gasteiger partial charge in [0.2, 0.25) is 0 Å². The Kier molecular flexibility index (Phi) is 8.80. The van der Waals surface area contributed by atoms with E-state index >= 15 is 0 Å². The lowest BCUT2D eigenvalue weighted by Gasteiger charge is -2.43. The smallest absolute Gasteiger partial charge is 0.313 e. The molecule has 1 heterocycles. The topological polar surface area (TPSA) is 81.0 Å². The van der Waals surface area contributed by atoms with Crippen molar-refractivity contribution in [2.75, 3.05) is 13.1 Å².